The van der Waals surface area contributed by atoms with Gasteiger partial charge in [-0.15, -0.1) is 0 Å². The zero-order chi connectivity index (χ0) is 13.1. The van der Waals surface area contributed by atoms with Crippen LogP contribution in [0.3, 0.4) is 0 Å². The van der Waals surface area contributed by atoms with Crippen molar-refractivity contribution < 1.29 is 4.74 Å². The minimum absolute atomic E-state index is 0.690. The third kappa shape index (κ3) is 3.03. The van der Waals surface area contributed by atoms with Crippen LogP contribution < -0.4 is 10.5 Å². The van der Waals surface area contributed by atoms with E-state index in [9.17, 15) is 0 Å². The van der Waals surface area contributed by atoms with E-state index < -0.39 is 0 Å². The second-order valence-corrected chi connectivity index (χ2v) is 5.88. The van der Waals surface area contributed by atoms with Gasteiger partial charge in [0.05, 0.1) is 6.61 Å². The van der Waals surface area contributed by atoms with Crippen molar-refractivity contribution in [1.29, 1.82) is 0 Å². The smallest absolute Gasteiger partial charge is 0.121 e. The lowest BCUT2D eigenvalue weighted by Gasteiger charge is -2.44. The SMILES string of the molecule is Nc1cccc(OC[C@H]2CCCN3CCCC[C@@H]23)c1. The van der Waals surface area contributed by atoms with Crippen molar-refractivity contribution in [3.63, 3.8) is 0 Å². The van der Waals surface area contributed by atoms with E-state index >= 15 is 0 Å². The second kappa shape index (κ2) is 5.83. The van der Waals surface area contributed by atoms with E-state index in [-0.39, 0.29) is 0 Å². The summed E-state index contributed by atoms with van der Waals surface area (Å²) in [5.74, 6) is 1.60. The molecule has 0 bridgehead atoms. The maximum absolute atomic E-state index is 5.97. The summed E-state index contributed by atoms with van der Waals surface area (Å²) in [5.41, 5.74) is 6.56. The molecule has 2 atom stereocenters. The average molecular weight is 260 g/mol. The Morgan fingerprint density at radius 1 is 1.16 bits per heavy atom. The second-order valence-electron chi connectivity index (χ2n) is 5.88. The van der Waals surface area contributed by atoms with Crippen LogP contribution in [0.1, 0.15) is 32.1 Å². The van der Waals surface area contributed by atoms with Gasteiger partial charge in [-0.25, -0.2) is 0 Å². The van der Waals surface area contributed by atoms with Gasteiger partial charge in [-0.05, 0) is 50.9 Å². The molecule has 1 aromatic rings. The molecule has 0 amide bonds. The average Bonchev–Trinajstić information content (AvgIpc) is 2.45. The van der Waals surface area contributed by atoms with Crippen LogP contribution in [0.2, 0.25) is 0 Å². The molecule has 0 spiro atoms. The molecule has 0 aliphatic carbocycles. The predicted octanol–water partition coefficient (Wildman–Crippen LogP) is 2.91. The first-order valence-electron chi connectivity index (χ1n) is 7.55. The number of hydrogen-bond donors (Lipinski definition) is 1. The van der Waals surface area contributed by atoms with Gasteiger partial charge in [0.1, 0.15) is 5.75 Å². The minimum atomic E-state index is 0.690. The number of ether oxygens (including phenoxy) is 1. The number of rotatable bonds is 3. The zero-order valence-corrected chi connectivity index (χ0v) is 11.6. The molecule has 3 heteroatoms. The van der Waals surface area contributed by atoms with Crippen molar-refractivity contribution >= 4 is 5.69 Å². The fourth-order valence-electron chi connectivity index (χ4n) is 3.58. The van der Waals surface area contributed by atoms with Gasteiger partial charge in [-0.3, -0.25) is 4.90 Å². The van der Waals surface area contributed by atoms with Gasteiger partial charge in [0.25, 0.3) is 0 Å². The summed E-state index contributed by atoms with van der Waals surface area (Å²) in [6.07, 6.45) is 6.74. The number of benzene rings is 1. The number of nitrogens with zero attached hydrogens (tertiary/aromatic N) is 1. The fraction of sp³-hybridized carbons (Fsp3) is 0.625. The van der Waals surface area contributed by atoms with Crippen LogP contribution in [0.5, 0.6) is 5.75 Å². The number of anilines is 1. The first kappa shape index (κ1) is 12.8. The van der Waals surface area contributed by atoms with Crippen LogP contribution in [0.4, 0.5) is 5.69 Å². The molecule has 2 aliphatic heterocycles. The number of hydrogen-bond acceptors (Lipinski definition) is 3. The highest BCUT2D eigenvalue weighted by Crippen LogP contribution is 2.31. The third-order valence-electron chi connectivity index (χ3n) is 4.55. The summed E-state index contributed by atoms with van der Waals surface area (Å²) in [6.45, 7) is 3.42. The monoisotopic (exact) mass is 260 g/mol. The van der Waals surface area contributed by atoms with E-state index in [1.165, 1.54) is 45.2 Å². The molecular weight excluding hydrogens is 236 g/mol. The predicted molar refractivity (Wildman–Crippen MR) is 78.3 cm³/mol. The van der Waals surface area contributed by atoms with Crippen LogP contribution in [-0.2, 0) is 0 Å². The maximum atomic E-state index is 5.97. The topological polar surface area (TPSA) is 38.5 Å². The Kier molecular flexibility index (Phi) is 3.92. The zero-order valence-electron chi connectivity index (χ0n) is 11.6. The highest BCUT2D eigenvalue weighted by molar-refractivity contribution is 5.43. The van der Waals surface area contributed by atoms with E-state index in [0.717, 1.165) is 24.1 Å². The lowest BCUT2D eigenvalue weighted by Crippen LogP contribution is -2.49. The van der Waals surface area contributed by atoms with Crippen molar-refractivity contribution in [1.82, 2.24) is 4.90 Å². The van der Waals surface area contributed by atoms with E-state index in [4.69, 9.17) is 10.5 Å². The molecule has 2 N–H and O–H groups in total. The lowest BCUT2D eigenvalue weighted by molar-refractivity contribution is 0.0366. The normalized spacial score (nSPS) is 27.8. The lowest BCUT2D eigenvalue weighted by atomic mass is 9.84. The molecule has 104 valence electrons. The molecule has 0 unspecified atom stereocenters. The van der Waals surface area contributed by atoms with Gasteiger partial charge in [-0.2, -0.15) is 0 Å². The number of piperidine rings is 2. The first-order valence-corrected chi connectivity index (χ1v) is 7.55. The van der Waals surface area contributed by atoms with Crippen molar-refractivity contribution in [2.75, 3.05) is 25.4 Å². The molecule has 1 aromatic carbocycles. The summed E-state index contributed by atoms with van der Waals surface area (Å²) < 4.78 is 5.97. The largest absolute Gasteiger partial charge is 0.493 e. The molecule has 3 nitrogen and oxygen atoms in total. The third-order valence-corrected chi connectivity index (χ3v) is 4.55. The Balaban J connectivity index is 1.59. The van der Waals surface area contributed by atoms with Gasteiger partial charge in [0.15, 0.2) is 0 Å². The Labute approximate surface area is 115 Å². The van der Waals surface area contributed by atoms with Crippen LogP contribution in [0, 0.1) is 5.92 Å². The standard InChI is InChI=1S/C16H24N2O/c17-14-6-3-7-15(11-14)19-12-13-5-4-10-18-9-2-1-8-16(13)18/h3,6-7,11,13,16H,1-2,4-5,8-10,12,17H2/t13-,16+/m1/s1. The van der Waals surface area contributed by atoms with Gasteiger partial charge in [-0.1, -0.05) is 12.5 Å². The molecular formula is C16H24N2O. The highest BCUT2D eigenvalue weighted by Gasteiger charge is 2.33. The van der Waals surface area contributed by atoms with E-state index in [1.54, 1.807) is 0 Å². The maximum Gasteiger partial charge on any atom is 0.121 e. The molecule has 3 rings (SSSR count). The van der Waals surface area contributed by atoms with Crippen molar-refractivity contribution in [3.05, 3.63) is 24.3 Å². The van der Waals surface area contributed by atoms with Crippen LogP contribution in [-0.4, -0.2) is 30.6 Å². The van der Waals surface area contributed by atoms with Crippen molar-refractivity contribution in [3.8, 4) is 5.75 Å². The van der Waals surface area contributed by atoms with Crippen LogP contribution in [0.25, 0.3) is 0 Å². The molecule has 2 aliphatic rings. The highest BCUT2D eigenvalue weighted by atomic mass is 16.5. The molecule has 0 saturated carbocycles. The van der Waals surface area contributed by atoms with Crippen molar-refractivity contribution in [2.24, 2.45) is 5.92 Å². The Morgan fingerprint density at radius 3 is 2.95 bits per heavy atom. The number of nitrogens with two attached hydrogens (primary N) is 1. The quantitative estimate of drug-likeness (QED) is 0.849. The van der Waals surface area contributed by atoms with E-state index in [1.807, 2.05) is 24.3 Å². The molecule has 2 heterocycles. The Bertz CT molecular complexity index is 419. The van der Waals surface area contributed by atoms with Crippen LogP contribution >= 0.6 is 0 Å². The summed E-state index contributed by atoms with van der Waals surface area (Å²) in [5, 5.41) is 0. The van der Waals surface area contributed by atoms with E-state index in [2.05, 4.69) is 4.90 Å². The Hall–Kier alpha value is -1.22. The summed E-state index contributed by atoms with van der Waals surface area (Å²) in [6, 6.07) is 8.53. The molecule has 2 fully saturated rings. The van der Waals surface area contributed by atoms with Gasteiger partial charge in [0.2, 0.25) is 0 Å². The van der Waals surface area contributed by atoms with Crippen LogP contribution in [0.15, 0.2) is 24.3 Å². The molecule has 0 radical (unpaired) electrons. The summed E-state index contributed by atoms with van der Waals surface area (Å²) >= 11 is 0. The van der Waals surface area contributed by atoms with Crippen molar-refractivity contribution in [2.45, 2.75) is 38.1 Å². The summed E-state index contributed by atoms with van der Waals surface area (Å²) in [7, 11) is 0. The van der Waals surface area contributed by atoms with Gasteiger partial charge < -0.3 is 10.5 Å². The number of nitrogen functional groups attached to an aromatic ring is 1. The minimum Gasteiger partial charge on any atom is -0.493 e. The molecule has 2 saturated heterocycles. The van der Waals surface area contributed by atoms with Gasteiger partial charge in [0, 0.05) is 23.7 Å². The van der Waals surface area contributed by atoms with Gasteiger partial charge >= 0.3 is 0 Å². The first-order chi connectivity index (χ1) is 9.33. The summed E-state index contributed by atoms with van der Waals surface area (Å²) in [4.78, 5) is 2.68. The molecule has 19 heavy (non-hydrogen) atoms. The Morgan fingerprint density at radius 2 is 2.05 bits per heavy atom. The number of fused-ring (bicyclic) bond motifs is 1. The fourth-order valence-corrected chi connectivity index (χ4v) is 3.58. The molecule has 0 aromatic heterocycles. The van der Waals surface area contributed by atoms with E-state index in [0.29, 0.717) is 5.92 Å².